The highest BCUT2D eigenvalue weighted by Gasteiger charge is 2.13. The molecule has 2 rings (SSSR count). The Morgan fingerprint density at radius 2 is 2.06 bits per heavy atom. The highest BCUT2D eigenvalue weighted by molar-refractivity contribution is 7.89. The predicted octanol–water partition coefficient (Wildman–Crippen LogP) is 1.66. The highest BCUT2D eigenvalue weighted by Crippen LogP contribution is 2.24. The van der Waals surface area contributed by atoms with E-state index in [1.807, 2.05) is 35.8 Å². The normalized spacial score (nSPS) is 12.2. The third-order valence-corrected chi connectivity index (χ3v) is 3.89. The molecule has 0 spiro atoms. The first kappa shape index (κ1) is 13.1. The van der Waals surface area contributed by atoms with Crippen molar-refractivity contribution in [1.29, 1.82) is 0 Å². The molecule has 0 atom stereocenters. The van der Waals surface area contributed by atoms with Crippen LogP contribution in [0.1, 0.15) is 18.2 Å². The first-order valence-corrected chi connectivity index (χ1v) is 8.00. The average molecular weight is 266 g/mol. The van der Waals surface area contributed by atoms with Gasteiger partial charge in [0.05, 0.1) is 5.75 Å². The van der Waals surface area contributed by atoms with Crippen LogP contribution in [0, 0.1) is 0 Å². The Labute approximate surface area is 107 Å². The standard InChI is InChI=1S/C13H18N2O2S/c1-3-15-11(9-18(2,16)17)7-12-10(8-14)5-4-6-13(12)15/h4-7H,3,8-9,14H2,1-2H3. The van der Waals surface area contributed by atoms with Crippen molar-refractivity contribution in [3.05, 3.63) is 35.5 Å². The molecule has 0 aliphatic carbocycles. The number of fused-ring (bicyclic) bond motifs is 1. The molecule has 0 unspecified atom stereocenters. The molecule has 1 heterocycles. The summed E-state index contributed by atoms with van der Waals surface area (Å²) < 4.78 is 25.0. The van der Waals surface area contributed by atoms with Gasteiger partial charge < -0.3 is 10.3 Å². The summed E-state index contributed by atoms with van der Waals surface area (Å²) in [6, 6.07) is 7.89. The van der Waals surface area contributed by atoms with Crippen molar-refractivity contribution in [1.82, 2.24) is 4.57 Å². The molecule has 2 N–H and O–H groups in total. The number of nitrogens with two attached hydrogens (primary N) is 1. The van der Waals surface area contributed by atoms with Gasteiger partial charge in [0.2, 0.25) is 0 Å². The lowest BCUT2D eigenvalue weighted by Gasteiger charge is -2.07. The van der Waals surface area contributed by atoms with Crippen LogP contribution in [0.3, 0.4) is 0 Å². The number of sulfone groups is 1. The number of rotatable bonds is 4. The molecule has 5 heteroatoms. The molecule has 4 nitrogen and oxygen atoms in total. The van der Waals surface area contributed by atoms with Crippen LogP contribution in [0.5, 0.6) is 0 Å². The van der Waals surface area contributed by atoms with Gasteiger partial charge in [0.15, 0.2) is 9.84 Å². The summed E-state index contributed by atoms with van der Waals surface area (Å²) in [6.07, 6.45) is 1.26. The van der Waals surface area contributed by atoms with Crippen LogP contribution < -0.4 is 5.73 Å². The minimum atomic E-state index is -3.03. The fourth-order valence-electron chi connectivity index (χ4n) is 2.34. The second kappa shape index (κ2) is 4.74. The van der Waals surface area contributed by atoms with Gasteiger partial charge in [-0.2, -0.15) is 0 Å². The van der Waals surface area contributed by atoms with E-state index in [0.29, 0.717) is 6.54 Å². The Bertz CT molecular complexity index is 672. The second-order valence-corrected chi connectivity index (χ2v) is 6.64. The van der Waals surface area contributed by atoms with Crippen LogP contribution in [-0.4, -0.2) is 19.2 Å². The molecular formula is C13H18N2O2S. The Balaban J connectivity index is 2.68. The number of benzene rings is 1. The van der Waals surface area contributed by atoms with E-state index in [1.165, 1.54) is 6.26 Å². The van der Waals surface area contributed by atoms with Gasteiger partial charge in [0, 0.05) is 35.9 Å². The number of aromatic nitrogens is 1. The Morgan fingerprint density at radius 1 is 1.33 bits per heavy atom. The zero-order chi connectivity index (χ0) is 13.3. The summed E-state index contributed by atoms with van der Waals surface area (Å²) in [5, 5.41) is 1.06. The van der Waals surface area contributed by atoms with E-state index in [1.54, 1.807) is 0 Å². The minimum absolute atomic E-state index is 0.0690. The van der Waals surface area contributed by atoms with Gasteiger partial charge in [0.1, 0.15) is 0 Å². The predicted molar refractivity (Wildman–Crippen MR) is 74.1 cm³/mol. The molecule has 0 aliphatic rings. The van der Waals surface area contributed by atoms with Crippen LogP contribution in [0.15, 0.2) is 24.3 Å². The molecule has 0 saturated heterocycles. The van der Waals surface area contributed by atoms with Gasteiger partial charge in [-0.25, -0.2) is 8.42 Å². The molecule has 18 heavy (non-hydrogen) atoms. The first-order chi connectivity index (χ1) is 8.46. The van der Waals surface area contributed by atoms with Gasteiger partial charge in [0.25, 0.3) is 0 Å². The molecule has 1 aromatic carbocycles. The Morgan fingerprint density at radius 3 is 2.61 bits per heavy atom. The lowest BCUT2D eigenvalue weighted by Crippen LogP contribution is -2.07. The highest BCUT2D eigenvalue weighted by atomic mass is 32.2. The van der Waals surface area contributed by atoms with E-state index >= 15 is 0 Å². The van der Waals surface area contributed by atoms with E-state index in [0.717, 1.165) is 28.7 Å². The summed E-state index contributed by atoms with van der Waals surface area (Å²) in [6.45, 7) is 3.23. The van der Waals surface area contributed by atoms with Gasteiger partial charge in [-0.15, -0.1) is 0 Å². The molecule has 0 aliphatic heterocycles. The Hall–Kier alpha value is -1.33. The van der Waals surface area contributed by atoms with Crippen molar-refractivity contribution in [3.8, 4) is 0 Å². The topological polar surface area (TPSA) is 65.1 Å². The fourth-order valence-corrected chi connectivity index (χ4v) is 3.12. The van der Waals surface area contributed by atoms with Crippen molar-refractivity contribution in [3.63, 3.8) is 0 Å². The number of nitrogens with zero attached hydrogens (tertiary/aromatic N) is 1. The van der Waals surface area contributed by atoms with Crippen LogP contribution in [0.2, 0.25) is 0 Å². The van der Waals surface area contributed by atoms with E-state index in [9.17, 15) is 8.42 Å². The molecule has 98 valence electrons. The van der Waals surface area contributed by atoms with E-state index in [-0.39, 0.29) is 5.75 Å². The third kappa shape index (κ3) is 2.42. The number of hydrogen-bond acceptors (Lipinski definition) is 3. The molecule has 0 amide bonds. The van der Waals surface area contributed by atoms with Crippen molar-refractivity contribution in [2.45, 2.75) is 25.8 Å². The van der Waals surface area contributed by atoms with Crippen molar-refractivity contribution in [2.75, 3.05) is 6.26 Å². The summed E-state index contributed by atoms with van der Waals surface area (Å²) in [5.41, 5.74) is 8.65. The van der Waals surface area contributed by atoms with Crippen LogP contribution in [0.25, 0.3) is 10.9 Å². The van der Waals surface area contributed by atoms with E-state index < -0.39 is 9.84 Å². The minimum Gasteiger partial charge on any atom is -0.344 e. The van der Waals surface area contributed by atoms with E-state index in [4.69, 9.17) is 5.73 Å². The molecule has 0 fully saturated rings. The number of aryl methyl sites for hydroxylation is 1. The summed E-state index contributed by atoms with van der Waals surface area (Å²) in [4.78, 5) is 0. The van der Waals surface area contributed by atoms with Gasteiger partial charge >= 0.3 is 0 Å². The lowest BCUT2D eigenvalue weighted by atomic mass is 10.1. The molecule has 1 aromatic heterocycles. The van der Waals surface area contributed by atoms with E-state index in [2.05, 4.69) is 0 Å². The second-order valence-electron chi connectivity index (χ2n) is 4.50. The van der Waals surface area contributed by atoms with Crippen LogP contribution in [0.4, 0.5) is 0 Å². The zero-order valence-corrected chi connectivity index (χ0v) is 11.5. The monoisotopic (exact) mass is 266 g/mol. The molecule has 0 radical (unpaired) electrons. The van der Waals surface area contributed by atoms with Crippen LogP contribution >= 0.6 is 0 Å². The largest absolute Gasteiger partial charge is 0.344 e. The van der Waals surface area contributed by atoms with Gasteiger partial charge in [-0.05, 0) is 24.6 Å². The van der Waals surface area contributed by atoms with Gasteiger partial charge in [-0.3, -0.25) is 0 Å². The first-order valence-electron chi connectivity index (χ1n) is 5.94. The quantitative estimate of drug-likeness (QED) is 0.915. The molecule has 0 bridgehead atoms. The molecule has 2 aromatic rings. The van der Waals surface area contributed by atoms with Crippen molar-refractivity contribution < 1.29 is 8.42 Å². The van der Waals surface area contributed by atoms with Gasteiger partial charge in [-0.1, -0.05) is 12.1 Å². The van der Waals surface area contributed by atoms with Crippen molar-refractivity contribution >= 4 is 20.7 Å². The maximum Gasteiger partial charge on any atom is 0.153 e. The van der Waals surface area contributed by atoms with Crippen LogP contribution in [-0.2, 0) is 28.7 Å². The smallest absolute Gasteiger partial charge is 0.153 e. The maximum atomic E-state index is 11.5. The van der Waals surface area contributed by atoms with Crippen molar-refractivity contribution in [2.24, 2.45) is 5.73 Å². The molecular weight excluding hydrogens is 248 g/mol. The maximum absolute atomic E-state index is 11.5. The number of hydrogen-bond donors (Lipinski definition) is 1. The lowest BCUT2D eigenvalue weighted by molar-refractivity contribution is 0.598. The molecule has 0 saturated carbocycles. The summed E-state index contributed by atoms with van der Waals surface area (Å²) in [7, 11) is -3.03. The third-order valence-electron chi connectivity index (χ3n) is 3.07. The Kier molecular flexibility index (Phi) is 3.45. The summed E-state index contributed by atoms with van der Waals surface area (Å²) >= 11 is 0. The average Bonchev–Trinajstić information content (AvgIpc) is 2.63. The fraction of sp³-hybridized carbons (Fsp3) is 0.385. The SMILES string of the molecule is CCn1c(CS(C)(=O)=O)cc2c(CN)cccc21. The summed E-state index contributed by atoms with van der Waals surface area (Å²) in [5.74, 6) is 0.0690. The zero-order valence-electron chi connectivity index (χ0n) is 10.7.